The highest BCUT2D eigenvalue weighted by Crippen LogP contribution is 2.44. The van der Waals surface area contributed by atoms with Crippen molar-refractivity contribution < 1.29 is 14.7 Å². The number of rotatable bonds is 3. The second-order valence-electron chi connectivity index (χ2n) is 7.62. The lowest BCUT2D eigenvalue weighted by Crippen LogP contribution is -2.29. The molecule has 1 aliphatic rings. The summed E-state index contributed by atoms with van der Waals surface area (Å²) in [5.74, 6) is -1.75. The number of benzene rings is 1. The lowest BCUT2D eigenvalue weighted by molar-refractivity contribution is -0.132. The van der Waals surface area contributed by atoms with Crippen LogP contribution in [-0.4, -0.2) is 31.7 Å². The third-order valence-electron chi connectivity index (χ3n) is 5.42. The number of aliphatic hydroxyl groups excluding tert-OH is 1. The Kier molecular flexibility index (Phi) is 4.79. The zero-order chi connectivity index (χ0) is 22.4. The highest BCUT2D eigenvalue weighted by atomic mass is 32.1. The van der Waals surface area contributed by atoms with Crippen molar-refractivity contribution in [1.29, 1.82) is 0 Å². The summed E-state index contributed by atoms with van der Waals surface area (Å²) in [4.78, 5) is 40.6. The SMILES string of the molecule is Cc1cc(C)c2nc(N3C(=O)C(=O)/C(=C(/O)c4ccncc4)C3c3cccnc3)sc2c1. The molecule has 5 rings (SSSR count). The first-order valence-corrected chi connectivity index (χ1v) is 10.8. The van der Waals surface area contributed by atoms with E-state index in [1.165, 1.54) is 28.6 Å². The Balaban J connectivity index is 1.74. The highest BCUT2D eigenvalue weighted by Gasteiger charge is 2.48. The predicted molar refractivity (Wildman–Crippen MR) is 122 cm³/mol. The fraction of sp³-hybridized carbons (Fsp3) is 0.125. The van der Waals surface area contributed by atoms with Gasteiger partial charge in [0, 0.05) is 30.4 Å². The first-order chi connectivity index (χ1) is 15.5. The van der Waals surface area contributed by atoms with Gasteiger partial charge in [0.05, 0.1) is 21.8 Å². The maximum absolute atomic E-state index is 13.2. The number of carbonyl (C=O) groups excluding carboxylic acids is 2. The van der Waals surface area contributed by atoms with Gasteiger partial charge in [-0.1, -0.05) is 23.5 Å². The van der Waals surface area contributed by atoms with Gasteiger partial charge >= 0.3 is 5.91 Å². The number of anilines is 1. The second kappa shape index (κ2) is 7.65. The Morgan fingerprint density at radius 3 is 2.56 bits per heavy atom. The molecule has 1 amide bonds. The minimum absolute atomic E-state index is 0.00126. The third-order valence-corrected chi connectivity index (χ3v) is 6.42. The molecule has 0 aliphatic carbocycles. The predicted octanol–water partition coefficient (Wildman–Crippen LogP) is 4.33. The van der Waals surface area contributed by atoms with Crippen molar-refractivity contribution in [2.75, 3.05) is 4.90 Å². The molecule has 1 unspecified atom stereocenters. The summed E-state index contributed by atoms with van der Waals surface area (Å²) in [5.41, 5.74) is 3.89. The van der Waals surface area contributed by atoms with Crippen LogP contribution in [0.2, 0.25) is 0 Å². The standard InChI is InChI=1S/C24H18N4O3S/c1-13-10-14(2)19-17(11-13)32-24(27-19)28-20(16-4-3-7-26-12-16)18(22(30)23(28)31)21(29)15-5-8-25-9-6-15/h3-12,20,29H,1-2H3/b21-18+. The van der Waals surface area contributed by atoms with Crippen molar-refractivity contribution in [2.45, 2.75) is 19.9 Å². The average Bonchev–Trinajstić information content (AvgIpc) is 3.33. The fourth-order valence-electron chi connectivity index (χ4n) is 4.01. The van der Waals surface area contributed by atoms with Gasteiger partial charge in [-0.25, -0.2) is 4.98 Å². The van der Waals surface area contributed by atoms with Gasteiger partial charge in [0.25, 0.3) is 5.78 Å². The van der Waals surface area contributed by atoms with Gasteiger partial charge in [0.1, 0.15) is 5.76 Å². The molecule has 7 nitrogen and oxygen atoms in total. The van der Waals surface area contributed by atoms with Crippen LogP contribution in [0.1, 0.15) is 28.3 Å². The maximum Gasteiger partial charge on any atom is 0.301 e. The van der Waals surface area contributed by atoms with Crippen LogP contribution < -0.4 is 4.90 Å². The quantitative estimate of drug-likeness (QED) is 0.288. The lowest BCUT2D eigenvalue weighted by Gasteiger charge is -2.22. The molecule has 3 aromatic heterocycles. The van der Waals surface area contributed by atoms with E-state index < -0.39 is 17.7 Å². The molecule has 0 radical (unpaired) electrons. The average molecular weight is 443 g/mol. The zero-order valence-electron chi connectivity index (χ0n) is 17.3. The van der Waals surface area contributed by atoms with Gasteiger partial charge in [-0.2, -0.15) is 0 Å². The molecule has 158 valence electrons. The summed E-state index contributed by atoms with van der Waals surface area (Å²) in [6.07, 6.45) is 6.24. The van der Waals surface area contributed by atoms with Crippen molar-refractivity contribution in [3.05, 3.63) is 89.0 Å². The number of hydrogen-bond acceptors (Lipinski definition) is 7. The van der Waals surface area contributed by atoms with Crippen LogP contribution in [0.15, 0.2) is 66.8 Å². The number of fused-ring (bicyclic) bond motifs is 1. The molecule has 0 saturated carbocycles. The Hall–Kier alpha value is -3.91. The molecule has 32 heavy (non-hydrogen) atoms. The van der Waals surface area contributed by atoms with E-state index in [1.54, 1.807) is 36.7 Å². The van der Waals surface area contributed by atoms with E-state index in [2.05, 4.69) is 9.97 Å². The molecular formula is C24H18N4O3S. The fourth-order valence-corrected chi connectivity index (χ4v) is 5.18. The number of thiazole rings is 1. The number of aliphatic hydroxyl groups is 1. The number of pyridine rings is 2. The normalized spacial score (nSPS) is 17.9. The summed E-state index contributed by atoms with van der Waals surface area (Å²) in [6.45, 7) is 3.97. The van der Waals surface area contributed by atoms with Crippen molar-refractivity contribution in [1.82, 2.24) is 15.0 Å². The van der Waals surface area contributed by atoms with Crippen molar-refractivity contribution in [3.8, 4) is 0 Å². The smallest absolute Gasteiger partial charge is 0.301 e. The van der Waals surface area contributed by atoms with Gasteiger partial charge < -0.3 is 5.11 Å². The number of hydrogen-bond donors (Lipinski definition) is 1. The first-order valence-electron chi connectivity index (χ1n) is 9.95. The van der Waals surface area contributed by atoms with Crippen LogP contribution in [0.3, 0.4) is 0 Å². The third kappa shape index (κ3) is 3.16. The van der Waals surface area contributed by atoms with Crippen LogP contribution >= 0.6 is 11.3 Å². The molecule has 8 heteroatoms. The number of nitrogens with zero attached hydrogens (tertiary/aromatic N) is 4. The van der Waals surface area contributed by atoms with E-state index in [4.69, 9.17) is 4.98 Å². The molecule has 1 atom stereocenters. The maximum atomic E-state index is 13.2. The Morgan fingerprint density at radius 1 is 1.06 bits per heavy atom. The van der Waals surface area contributed by atoms with Crippen LogP contribution in [0.25, 0.3) is 16.0 Å². The number of aryl methyl sites for hydroxylation is 2. The summed E-state index contributed by atoms with van der Waals surface area (Å²) in [6, 6.07) is 9.88. The first kappa shape index (κ1) is 20.0. The Labute approximate surface area is 187 Å². The topological polar surface area (TPSA) is 96.3 Å². The molecule has 1 N–H and O–H groups in total. The van der Waals surface area contributed by atoms with Gasteiger partial charge in [-0.15, -0.1) is 0 Å². The highest BCUT2D eigenvalue weighted by molar-refractivity contribution is 7.22. The van der Waals surface area contributed by atoms with E-state index in [0.717, 1.165) is 21.3 Å². The Morgan fingerprint density at radius 2 is 1.84 bits per heavy atom. The summed E-state index contributed by atoms with van der Waals surface area (Å²) >= 11 is 1.34. The molecule has 4 aromatic rings. The molecule has 1 saturated heterocycles. The number of amides is 1. The van der Waals surface area contributed by atoms with E-state index in [1.807, 2.05) is 26.0 Å². The molecule has 1 fully saturated rings. The Bertz CT molecular complexity index is 1400. The van der Waals surface area contributed by atoms with E-state index >= 15 is 0 Å². The molecule has 0 spiro atoms. The van der Waals surface area contributed by atoms with Crippen LogP contribution in [0.5, 0.6) is 0 Å². The van der Waals surface area contributed by atoms with Gasteiger partial charge in [-0.05, 0) is 54.8 Å². The largest absolute Gasteiger partial charge is 0.507 e. The minimum Gasteiger partial charge on any atom is -0.507 e. The number of Topliss-reactive ketones (excluding diaryl/α,β-unsaturated/α-hetero) is 1. The lowest BCUT2D eigenvalue weighted by atomic mass is 9.97. The molecule has 0 bridgehead atoms. The number of aromatic nitrogens is 3. The van der Waals surface area contributed by atoms with E-state index in [-0.39, 0.29) is 11.3 Å². The minimum atomic E-state index is -0.848. The second-order valence-corrected chi connectivity index (χ2v) is 8.63. The van der Waals surface area contributed by atoms with Crippen molar-refractivity contribution >= 4 is 44.1 Å². The van der Waals surface area contributed by atoms with Crippen LogP contribution in [0.4, 0.5) is 5.13 Å². The molecular weight excluding hydrogens is 424 g/mol. The zero-order valence-corrected chi connectivity index (χ0v) is 18.1. The molecule has 4 heterocycles. The van der Waals surface area contributed by atoms with Crippen LogP contribution in [-0.2, 0) is 9.59 Å². The summed E-state index contributed by atoms with van der Waals surface area (Å²) < 4.78 is 0.929. The van der Waals surface area contributed by atoms with Gasteiger partial charge in [0.15, 0.2) is 5.13 Å². The summed E-state index contributed by atoms with van der Waals surface area (Å²) in [7, 11) is 0. The monoisotopic (exact) mass is 442 g/mol. The van der Waals surface area contributed by atoms with Gasteiger partial charge in [0.2, 0.25) is 0 Å². The number of ketones is 1. The van der Waals surface area contributed by atoms with Gasteiger partial charge in [-0.3, -0.25) is 24.5 Å². The van der Waals surface area contributed by atoms with E-state index in [0.29, 0.717) is 16.3 Å². The van der Waals surface area contributed by atoms with E-state index in [9.17, 15) is 14.7 Å². The van der Waals surface area contributed by atoms with Crippen LogP contribution in [0, 0.1) is 13.8 Å². The number of carbonyl (C=O) groups is 2. The molecule has 1 aromatic carbocycles. The summed E-state index contributed by atoms with van der Waals surface area (Å²) in [5, 5.41) is 11.4. The van der Waals surface area contributed by atoms with Crippen molar-refractivity contribution in [2.24, 2.45) is 0 Å². The van der Waals surface area contributed by atoms with Crippen molar-refractivity contribution in [3.63, 3.8) is 0 Å². The molecule has 1 aliphatic heterocycles.